The molecule has 0 fully saturated rings. The summed E-state index contributed by atoms with van der Waals surface area (Å²) in [4.78, 5) is 17.2. The summed E-state index contributed by atoms with van der Waals surface area (Å²) in [5.41, 5.74) is 4.09. The summed E-state index contributed by atoms with van der Waals surface area (Å²) in [5, 5.41) is 7.71. The fraction of sp³-hybridized carbons (Fsp3) is 0.389. The van der Waals surface area contributed by atoms with Crippen molar-refractivity contribution in [3.63, 3.8) is 0 Å². The van der Waals surface area contributed by atoms with Gasteiger partial charge in [0.1, 0.15) is 12.4 Å². The first-order chi connectivity index (χ1) is 11.0. The Balaban J connectivity index is 1.94. The molecule has 0 saturated heterocycles. The highest BCUT2D eigenvalue weighted by molar-refractivity contribution is 6.00. The normalized spacial score (nSPS) is 22.4. The molecule has 1 N–H and O–H groups in total. The van der Waals surface area contributed by atoms with Crippen LogP contribution < -0.4 is 5.32 Å². The number of aryl methyl sites for hydroxylation is 1. The van der Waals surface area contributed by atoms with Gasteiger partial charge in [-0.05, 0) is 29.9 Å². The molecule has 0 spiro atoms. The zero-order valence-electron chi connectivity index (χ0n) is 13.6. The molecule has 23 heavy (non-hydrogen) atoms. The molecular formula is C18H20N4O. The van der Waals surface area contributed by atoms with Crippen molar-refractivity contribution in [2.75, 3.05) is 5.32 Å². The van der Waals surface area contributed by atoms with Crippen LogP contribution in [0.1, 0.15) is 43.9 Å². The average Bonchev–Trinajstić information content (AvgIpc) is 2.92. The topological polar surface area (TPSA) is 59.8 Å². The minimum Gasteiger partial charge on any atom is -0.328 e. The van der Waals surface area contributed by atoms with Crippen LogP contribution in [-0.2, 0) is 4.79 Å². The van der Waals surface area contributed by atoms with Crippen molar-refractivity contribution in [3.05, 3.63) is 53.0 Å². The molecule has 0 unspecified atom stereocenters. The predicted molar refractivity (Wildman–Crippen MR) is 88.0 cm³/mol. The first-order valence-electron chi connectivity index (χ1n) is 7.94. The molecule has 2 aliphatic rings. The van der Waals surface area contributed by atoms with E-state index in [9.17, 15) is 4.79 Å². The molecule has 0 saturated carbocycles. The van der Waals surface area contributed by atoms with E-state index >= 15 is 0 Å². The van der Waals surface area contributed by atoms with Crippen LogP contribution in [0.25, 0.3) is 0 Å². The van der Waals surface area contributed by atoms with Crippen LogP contribution in [0.15, 0.2) is 41.9 Å². The van der Waals surface area contributed by atoms with E-state index in [1.165, 1.54) is 0 Å². The SMILES string of the molecule is Cc1ccccc1[C@@H]1C2=C(CC(C)(C)CC2=O)Nc2ncnn21. The Morgan fingerprint density at radius 1 is 1.26 bits per heavy atom. The van der Waals surface area contributed by atoms with Crippen LogP contribution in [0.3, 0.4) is 0 Å². The Morgan fingerprint density at radius 3 is 2.83 bits per heavy atom. The monoisotopic (exact) mass is 308 g/mol. The second-order valence-electron chi connectivity index (χ2n) is 7.25. The van der Waals surface area contributed by atoms with E-state index < -0.39 is 0 Å². The lowest BCUT2D eigenvalue weighted by Crippen LogP contribution is -2.36. The minimum atomic E-state index is -0.187. The van der Waals surface area contributed by atoms with Crippen molar-refractivity contribution in [3.8, 4) is 0 Å². The van der Waals surface area contributed by atoms with Crippen molar-refractivity contribution in [2.45, 2.75) is 39.7 Å². The summed E-state index contributed by atoms with van der Waals surface area (Å²) >= 11 is 0. The van der Waals surface area contributed by atoms with E-state index in [2.05, 4.69) is 48.3 Å². The Kier molecular flexibility index (Phi) is 2.95. The Morgan fingerprint density at radius 2 is 2.04 bits per heavy atom. The molecule has 0 bridgehead atoms. The van der Waals surface area contributed by atoms with Crippen LogP contribution in [-0.4, -0.2) is 20.5 Å². The van der Waals surface area contributed by atoms with Gasteiger partial charge in [0.25, 0.3) is 0 Å². The molecule has 0 amide bonds. The molecule has 5 heteroatoms. The Hall–Kier alpha value is -2.43. The predicted octanol–water partition coefficient (Wildman–Crippen LogP) is 3.24. The smallest absolute Gasteiger partial charge is 0.226 e. The van der Waals surface area contributed by atoms with Crippen molar-refractivity contribution in [2.24, 2.45) is 5.41 Å². The number of nitrogens with one attached hydrogen (secondary N) is 1. The summed E-state index contributed by atoms with van der Waals surface area (Å²) in [6.07, 6.45) is 2.96. The number of allylic oxidation sites excluding steroid dienone is 2. The van der Waals surface area contributed by atoms with E-state index in [0.717, 1.165) is 28.8 Å². The number of carbonyl (C=O) groups excluding carboxylic acids is 1. The van der Waals surface area contributed by atoms with Gasteiger partial charge in [-0.3, -0.25) is 4.79 Å². The van der Waals surface area contributed by atoms with Gasteiger partial charge in [0.2, 0.25) is 5.95 Å². The summed E-state index contributed by atoms with van der Waals surface area (Å²) in [6.45, 7) is 6.35. The van der Waals surface area contributed by atoms with Crippen molar-refractivity contribution >= 4 is 11.7 Å². The number of aromatic nitrogens is 3. The van der Waals surface area contributed by atoms with Crippen molar-refractivity contribution in [1.82, 2.24) is 14.8 Å². The lowest BCUT2D eigenvalue weighted by Gasteiger charge is -2.38. The van der Waals surface area contributed by atoms with Gasteiger partial charge in [0, 0.05) is 17.7 Å². The molecule has 118 valence electrons. The maximum Gasteiger partial charge on any atom is 0.226 e. The molecule has 1 aromatic heterocycles. The Bertz CT molecular complexity index is 831. The molecule has 1 atom stereocenters. The van der Waals surface area contributed by atoms with Crippen LogP contribution >= 0.6 is 0 Å². The summed E-state index contributed by atoms with van der Waals surface area (Å²) in [5.74, 6) is 0.917. The number of carbonyl (C=O) groups is 1. The van der Waals surface area contributed by atoms with Crippen LogP contribution in [0.2, 0.25) is 0 Å². The van der Waals surface area contributed by atoms with Crippen molar-refractivity contribution < 1.29 is 4.79 Å². The summed E-state index contributed by atoms with van der Waals surface area (Å²) < 4.78 is 1.83. The molecule has 1 aliphatic heterocycles. The zero-order valence-corrected chi connectivity index (χ0v) is 13.6. The largest absolute Gasteiger partial charge is 0.328 e. The average molecular weight is 308 g/mol. The maximum atomic E-state index is 12.9. The minimum absolute atomic E-state index is 0.0264. The first-order valence-corrected chi connectivity index (χ1v) is 7.94. The second kappa shape index (κ2) is 4.78. The third-order valence-corrected chi connectivity index (χ3v) is 4.76. The number of fused-ring (bicyclic) bond motifs is 1. The fourth-order valence-electron chi connectivity index (χ4n) is 3.73. The molecule has 2 aromatic rings. The van der Waals surface area contributed by atoms with E-state index in [1.54, 1.807) is 6.33 Å². The number of anilines is 1. The van der Waals surface area contributed by atoms with E-state index in [-0.39, 0.29) is 17.2 Å². The number of Topliss-reactive ketones (excluding diaryl/α,β-unsaturated/α-hetero) is 1. The van der Waals surface area contributed by atoms with Gasteiger partial charge in [0.15, 0.2) is 5.78 Å². The number of nitrogens with zero attached hydrogens (tertiary/aromatic N) is 3. The van der Waals surface area contributed by atoms with E-state index in [0.29, 0.717) is 12.4 Å². The van der Waals surface area contributed by atoms with Gasteiger partial charge < -0.3 is 5.32 Å². The third-order valence-electron chi connectivity index (χ3n) is 4.76. The van der Waals surface area contributed by atoms with E-state index in [1.807, 2.05) is 16.8 Å². The molecule has 4 rings (SSSR count). The molecule has 2 heterocycles. The Labute approximate surface area is 135 Å². The van der Waals surface area contributed by atoms with Crippen LogP contribution in [0.4, 0.5) is 5.95 Å². The summed E-state index contributed by atoms with van der Waals surface area (Å²) in [6, 6.07) is 8.00. The van der Waals surface area contributed by atoms with Crippen LogP contribution in [0, 0.1) is 12.3 Å². The molecular weight excluding hydrogens is 288 g/mol. The van der Waals surface area contributed by atoms with E-state index in [4.69, 9.17) is 0 Å². The molecule has 0 radical (unpaired) electrons. The zero-order chi connectivity index (χ0) is 16.2. The molecule has 1 aromatic carbocycles. The fourth-order valence-corrected chi connectivity index (χ4v) is 3.73. The number of rotatable bonds is 1. The van der Waals surface area contributed by atoms with Gasteiger partial charge in [0.05, 0.1) is 0 Å². The number of hydrogen-bond donors (Lipinski definition) is 1. The van der Waals surface area contributed by atoms with Gasteiger partial charge in [-0.2, -0.15) is 10.1 Å². The summed E-state index contributed by atoms with van der Waals surface area (Å²) in [7, 11) is 0. The number of hydrogen-bond acceptors (Lipinski definition) is 4. The molecule has 5 nitrogen and oxygen atoms in total. The highest BCUT2D eigenvalue weighted by atomic mass is 16.1. The first kappa shape index (κ1) is 14.2. The quantitative estimate of drug-likeness (QED) is 0.878. The number of benzene rings is 1. The third kappa shape index (κ3) is 2.19. The van der Waals surface area contributed by atoms with Gasteiger partial charge in [-0.1, -0.05) is 38.1 Å². The molecule has 1 aliphatic carbocycles. The lowest BCUT2D eigenvalue weighted by atomic mass is 9.73. The second-order valence-corrected chi connectivity index (χ2v) is 7.25. The maximum absolute atomic E-state index is 12.9. The van der Waals surface area contributed by atoms with Gasteiger partial charge in [-0.25, -0.2) is 4.68 Å². The van der Waals surface area contributed by atoms with Crippen molar-refractivity contribution in [1.29, 1.82) is 0 Å². The number of ketones is 1. The van der Waals surface area contributed by atoms with Gasteiger partial charge >= 0.3 is 0 Å². The highest BCUT2D eigenvalue weighted by Crippen LogP contribution is 2.45. The lowest BCUT2D eigenvalue weighted by molar-refractivity contribution is -0.118. The van der Waals surface area contributed by atoms with Crippen LogP contribution in [0.5, 0.6) is 0 Å². The highest BCUT2D eigenvalue weighted by Gasteiger charge is 2.41. The van der Waals surface area contributed by atoms with Gasteiger partial charge in [-0.15, -0.1) is 0 Å². The standard InChI is InChI=1S/C18H20N4O/c1-11-6-4-5-7-12(11)16-15-13(8-18(2,3)9-14(15)23)21-17-19-10-20-22(16)17/h4-7,10,16H,8-9H2,1-3H3,(H,19,20,21)/t16-/m1/s1.